The van der Waals surface area contributed by atoms with Crippen LogP contribution in [0, 0.1) is 5.41 Å². The Kier molecular flexibility index (Phi) is 3.20. The van der Waals surface area contributed by atoms with Crippen LogP contribution in [-0.2, 0) is 0 Å². The standard InChI is InChI=1S/C14H19NO3/c1-14(2,3)8-15(4)13(16)10-5-6-11-12(7-10)18-9-17-11/h5-7H,8-9H2,1-4H3. The largest absolute Gasteiger partial charge is 0.454 e. The van der Waals surface area contributed by atoms with Gasteiger partial charge >= 0.3 is 0 Å². The van der Waals surface area contributed by atoms with Crippen LogP contribution in [0.4, 0.5) is 0 Å². The van der Waals surface area contributed by atoms with Gasteiger partial charge in [-0.15, -0.1) is 0 Å². The molecule has 1 aliphatic heterocycles. The smallest absolute Gasteiger partial charge is 0.253 e. The lowest BCUT2D eigenvalue weighted by atomic mass is 9.96. The fourth-order valence-corrected chi connectivity index (χ4v) is 2.03. The van der Waals surface area contributed by atoms with Crippen molar-refractivity contribution in [2.45, 2.75) is 20.8 Å². The molecule has 0 saturated heterocycles. The molecule has 0 aromatic heterocycles. The SMILES string of the molecule is CN(CC(C)(C)C)C(=O)c1ccc2c(c1)OCO2. The molecule has 1 aromatic rings. The third-order valence-electron chi connectivity index (χ3n) is 2.68. The average Bonchev–Trinajstić information content (AvgIpc) is 2.72. The molecular formula is C14H19NO3. The summed E-state index contributed by atoms with van der Waals surface area (Å²) < 4.78 is 10.5. The molecule has 0 radical (unpaired) electrons. The van der Waals surface area contributed by atoms with Crippen molar-refractivity contribution in [2.24, 2.45) is 5.41 Å². The highest BCUT2D eigenvalue weighted by Gasteiger charge is 2.21. The van der Waals surface area contributed by atoms with E-state index in [0.717, 1.165) is 0 Å². The number of rotatable bonds is 2. The number of hydrogen-bond donors (Lipinski definition) is 0. The van der Waals surface area contributed by atoms with Gasteiger partial charge in [-0.05, 0) is 23.6 Å². The molecular weight excluding hydrogens is 230 g/mol. The lowest BCUT2D eigenvalue weighted by Crippen LogP contribution is -2.34. The predicted octanol–water partition coefficient (Wildman–Crippen LogP) is 2.53. The maximum atomic E-state index is 12.3. The average molecular weight is 249 g/mol. The monoisotopic (exact) mass is 249 g/mol. The molecule has 0 bridgehead atoms. The summed E-state index contributed by atoms with van der Waals surface area (Å²) in [5.41, 5.74) is 0.715. The Morgan fingerprint density at radius 1 is 1.28 bits per heavy atom. The van der Waals surface area contributed by atoms with Crippen LogP contribution in [0.15, 0.2) is 18.2 Å². The molecule has 0 atom stereocenters. The number of fused-ring (bicyclic) bond motifs is 1. The maximum Gasteiger partial charge on any atom is 0.253 e. The second kappa shape index (κ2) is 4.52. The summed E-state index contributed by atoms with van der Waals surface area (Å²) in [6.45, 7) is 7.26. The van der Waals surface area contributed by atoms with E-state index in [9.17, 15) is 4.79 Å². The van der Waals surface area contributed by atoms with Gasteiger partial charge in [0.1, 0.15) is 0 Å². The van der Waals surface area contributed by atoms with E-state index in [1.54, 1.807) is 23.1 Å². The summed E-state index contributed by atoms with van der Waals surface area (Å²) in [5, 5.41) is 0. The molecule has 98 valence electrons. The van der Waals surface area contributed by atoms with Gasteiger partial charge in [-0.1, -0.05) is 20.8 Å². The van der Waals surface area contributed by atoms with Crippen molar-refractivity contribution in [2.75, 3.05) is 20.4 Å². The van der Waals surface area contributed by atoms with Crippen LogP contribution in [-0.4, -0.2) is 31.2 Å². The molecule has 18 heavy (non-hydrogen) atoms. The van der Waals surface area contributed by atoms with E-state index in [2.05, 4.69) is 20.8 Å². The summed E-state index contributed by atoms with van der Waals surface area (Å²) in [4.78, 5) is 14.0. The Labute approximate surface area is 107 Å². The zero-order valence-corrected chi connectivity index (χ0v) is 11.3. The zero-order chi connectivity index (χ0) is 13.3. The van der Waals surface area contributed by atoms with Gasteiger partial charge in [-0.2, -0.15) is 0 Å². The summed E-state index contributed by atoms with van der Waals surface area (Å²) in [7, 11) is 1.82. The first-order chi connectivity index (χ1) is 8.37. The molecule has 4 heteroatoms. The van der Waals surface area contributed by atoms with Crippen LogP contribution in [0.2, 0.25) is 0 Å². The van der Waals surface area contributed by atoms with Crippen molar-refractivity contribution in [3.05, 3.63) is 23.8 Å². The first-order valence-corrected chi connectivity index (χ1v) is 6.02. The summed E-state index contributed by atoms with van der Waals surface area (Å²) >= 11 is 0. The number of benzene rings is 1. The van der Waals surface area contributed by atoms with Crippen LogP contribution in [0.25, 0.3) is 0 Å². The third-order valence-corrected chi connectivity index (χ3v) is 2.68. The van der Waals surface area contributed by atoms with E-state index in [1.165, 1.54) is 0 Å². The molecule has 1 amide bonds. The lowest BCUT2D eigenvalue weighted by Gasteiger charge is -2.26. The summed E-state index contributed by atoms with van der Waals surface area (Å²) in [5.74, 6) is 1.35. The molecule has 0 spiro atoms. The maximum absolute atomic E-state index is 12.3. The van der Waals surface area contributed by atoms with Gasteiger partial charge in [0.25, 0.3) is 5.91 Å². The fourth-order valence-electron chi connectivity index (χ4n) is 2.03. The van der Waals surface area contributed by atoms with Crippen molar-refractivity contribution >= 4 is 5.91 Å². The van der Waals surface area contributed by atoms with E-state index < -0.39 is 0 Å². The van der Waals surface area contributed by atoms with E-state index in [1.807, 2.05) is 7.05 Å². The topological polar surface area (TPSA) is 38.8 Å². The highest BCUT2D eigenvalue weighted by Crippen LogP contribution is 2.32. The number of amides is 1. The summed E-state index contributed by atoms with van der Waals surface area (Å²) in [6, 6.07) is 5.29. The normalized spacial score (nSPS) is 13.6. The van der Waals surface area contributed by atoms with Crippen LogP contribution in [0.5, 0.6) is 11.5 Å². The first-order valence-electron chi connectivity index (χ1n) is 6.02. The van der Waals surface area contributed by atoms with Crippen LogP contribution in [0.3, 0.4) is 0 Å². The molecule has 0 saturated carbocycles. The van der Waals surface area contributed by atoms with Crippen molar-refractivity contribution < 1.29 is 14.3 Å². The van der Waals surface area contributed by atoms with Crippen LogP contribution < -0.4 is 9.47 Å². The molecule has 4 nitrogen and oxygen atoms in total. The van der Waals surface area contributed by atoms with Gasteiger partial charge in [0, 0.05) is 19.2 Å². The Hall–Kier alpha value is -1.71. The van der Waals surface area contributed by atoms with Gasteiger partial charge in [-0.25, -0.2) is 0 Å². The van der Waals surface area contributed by atoms with Crippen molar-refractivity contribution in [1.82, 2.24) is 4.90 Å². The van der Waals surface area contributed by atoms with Gasteiger partial charge in [-0.3, -0.25) is 4.79 Å². The Morgan fingerprint density at radius 3 is 2.61 bits per heavy atom. The summed E-state index contributed by atoms with van der Waals surface area (Å²) in [6.07, 6.45) is 0. The predicted molar refractivity (Wildman–Crippen MR) is 69.0 cm³/mol. The Balaban J connectivity index is 2.14. The minimum atomic E-state index is 0.00299. The highest BCUT2D eigenvalue weighted by atomic mass is 16.7. The molecule has 0 N–H and O–H groups in total. The van der Waals surface area contributed by atoms with E-state index in [4.69, 9.17) is 9.47 Å². The number of nitrogens with zero attached hydrogens (tertiary/aromatic N) is 1. The van der Waals surface area contributed by atoms with E-state index in [0.29, 0.717) is 23.6 Å². The lowest BCUT2D eigenvalue weighted by molar-refractivity contribution is 0.0745. The molecule has 0 unspecified atom stereocenters. The number of hydrogen-bond acceptors (Lipinski definition) is 3. The molecule has 0 fully saturated rings. The third kappa shape index (κ3) is 2.75. The minimum absolute atomic E-state index is 0.00299. The molecule has 1 aromatic carbocycles. The number of carbonyl (C=O) groups excluding carboxylic acids is 1. The van der Waals surface area contributed by atoms with E-state index in [-0.39, 0.29) is 18.1 Å². The van der Waals surface area contributed by atoms with Crippen LogP contribution in [0.1, 0.15) is 31.1 Å². The fraction of sp³-hybridized carbons (Fsp3) is 0.500. The highest BCUT2D eigenvalue weighted by molar-refractivity contribution is 5.94. The van der Waals surface area contributed by atoms with E-state index >= 15 is 0 Å². The zero-order valence-electron chi connectivity index (χ0n) is 11.3. The van der Waals surface area contributed by atoms with Crippen LogP contribution >= 0.6 is 0 Å². The first kappa shape index (κ1) is 12.7. The quantitative estimate of drug-likeness (QED) is 0.808. The van der Waals surface area contributed by atoms with Crippen molar-refractivity contribution in [3.63, 3.8) is 0 Å². The van der Waals surface area contributed by atoms with Gasteiger partial charge < -0.3 is 14.4 Å². The van der Waals surface area contributed by atoms with Gasteiger partial charge in [0.05, 0.1) is 0 Å². The molecule has 2 rings (SSSR count). The van der Waals surface area contributed by atoms with Crippen molar-refractivity contribution in [3.8, 4) is 11.5 Å². The number of carbonyl (C=O) groups is 1. The second-order valence-electron chi connectivity index (χ2n) is 5.79. The van der Waals surface area contributed by atoms with Gasteiger partial charge in [0.15, 0.2) is 11.5 Å². The molecule has 1 aliphatic rings. The number of ether oxygens (including phenoxy) is 2. The Morgan fingerprint density at radius 2 is 1.94 bits per heavy atom. The molecule has 1 heterocycles. The van der Waals surface area contributed by atoms with Crippen molar-refractivity contribution in [1.29, 1.82) is 0 Å². The second-order valence-corrected chi connectivity index (χ2v) is 5.79. The van der Waals surface area contributed by atoms with Gasteiger partial charge in [0.2, 0.25) is 6.79 Å². The Bertz CT molecular complexity index is 463. The molecule has 0 aliphatic carbocycles. The minimum Gasteiger partial charge on any atom is -0.454 e.